The number of nitrogens with zero attached hydrogens (tertiary/aromatic N) is 5. The molecule has 3 rings (SSSR count). The Hall–Kier alpha value is -2.48. The molecule has 1 aliphatic rings. The number of hydrogen-bond donors (Lipinski definition) is 1. The molecule has 122 valence electrons. The van der Waals surface area contributed by atoms with Crippen LogP contribution in [-0.2, 0) is 16.1 Å². The quantitative estimate of drug-likeness (QED) is 0.808. The lowest BCUT2D eigenvalue weighted by Gasteiger charge is -2.22. The van der Waals surface area contributed by atoms with Gasteiger partial charge in [0.2, 0.25) is 11.8 Å². The monoisotopic (exact) mass is 316 g/mol. The summed E-state index contributed by atoms with van der Waals surface area (Å²) in [7, 11) is 1.93. The van der Waals surface area contributed by atoms with Gasteiger partial charge in [-0.3, -0.25) is 9.59 Å². The van der Waals surface area contributed by atoms with Gasteiger partial charge in [-0.05, 0) is 19.2 Å². The Bertz CT molecular complexity index is 728. The smallest absolute Gasteiger partial charge is 0.244 e. The third kappa shape index (κ3) is 3.31. The zero-order valence-corrected chi connectivity index (χ0v) is 13.1. The van der Waals surface area contributed by atoms with Gasteiger partial charge in [0.25, 0.3) is 0 Å². The van der Waals surface area contributed by atoms with E-state index in [0.29, 0.717) is 26.2 Å². The first kappa shape index (κ1) is 15.4. The highest BCUT2D eigenvalue weighted by atomic mass is 16.2. The molecule has 0 spiro atoms. The summed E-state index contributed by atoms with van der Waals surface area (Å²) >= 11 is 0. The third-order valence-electron chi connectivity index (χ3n) is 4.18. The zero-order valence-electron chi connectivity index (χ0n) is 13.1. The lowest BCUT2D eigenvalue weighted by atomic mass is 10.1. The van der Waals surface area contributed by atoms with E-state index in [4.69, 9.17) is 5.73 Å². The molecule has 0 radical (unpaired) electrons. The van der Waals surface area contributed by atoms with Crippen LogP contribution in [0.25, 0.3) is 11.0 Å². The molecule has 0 aliphatic carbocycles. The van der Waals surface area contributed by atoms with Gasteiger partial charge in [-0.25, -0.2) is 4.68 Å². The summed E-state index contributed by atoms with van der Waals surface area (Å²) in [6, 6.07) is 7.50. The van der Waals surface area contributed by atoms with E-state index in [2.05, 4.69) is 10.3 Å². The first-order valence-electron chi connectivity index (χ1n) is 7.58. The van der Waals surface area contributed by atoms with Gasteiger partial charge in [-0.2, -0.15) is 0 Å². The number of carbonyl (C=O) groups excluding carboxylic acids is 2. The minimum Gasteiger partial charge on any atom is -0.369 e. The van der Waals surface area contributed by atoms with Crippen molar-refractivity contribution in [1.29, 1.82) is 0 Å². The molecule has 0 unspecified atom stereocenters. The number of amides is 2. The van der Waals surface area contributed by atoms with Crippen LogP contribution in [0, 0.1) is 5.92 Å². The number of hydrogen-bond acceptors (Lipinski definition) is 5. The number of benzene rings is 1. The topological polar surface area (TPSA) is 97.3 Å². The molecule has 23 heavy (non-hydrogen) atoms. The van der Waals surface area contributed by atoms with Crippen molar-refractivity contribution in [1.82, 2.24) is 24.8 Å². The fourth-order valence-corrected chi connectivity index (χ4v) is 2.84. The second kappa shape index (κ2) is 6.33. The van der Waals surface area contributed by atoms with Crippen LogP contribution < -0.4 is 5.73 Å². The second-order valence-electron chi connectivity index (χ2n) is 5.94. The Morgan fingerprint density at radius 1 is 1.26 bits per heavy atom. The summed E-state index contributed by atoms with van der Waals surface area (Å²) in [5, 5.41) is 8.09. The predicted octanol–water partition coefficient (Wildman–Crippen LogP) is -0.693. The second-order valence-corrected chi connectivity index (χ2v) is 5.94. The van der Waals surface area contributed by atoms with E-state index in [-0.39, 0.29) is 24.3 Å². The molecule has 1 aromatic heterocycles. The number of likely N-dealkylation sites (N-methyl/N-ethyl adjacent to an activating group) is 1. The van der Waals surface area contributed by atoms with Crippen molar-refractivity contribution in [3.05, 3.63) is 24.3 Å². The largest absolute Gasteiger partial charge is 0.369 e. The molecule has 0 saturated carbocycles. The predicted molar refractivity (Wildman–Crippen MR) is 84.3 cm³/mol. The summed E-state index contributed by atoms with van der Waals surface area (Å²) in [5.74, 6) is -0.802. The van der Waals surface area contributed by atoms with Crippen LogP contribution in [-0.4, -0.2) is 69.8 Å². The molecule has 1 aromatic carbocycles. The maximum absolute atomic E-state index is 12.6. The van der Waals surface area contributed by atoms with Crippen molar-refractivity contribution in [2.75, 3.05) is 33.2 Å². The first-order chi connectivity index (χ1) is 11.0. The average molecular weight is 316 g/mol. The number of primary amides is 1. The molecule has 0 bridgehead atoms. The van der Waals surface area contributed by atoms with E-state index in [1.54, 1.807) is 9.58 Å². The van der Waals surface area contributed by atoms with Crippen molar-refractivity contribution in [2.24, 2.45) is 11.7 Å². The van der Waals surface area contributed by atoms with Gasteiger partial charge in [-0.15, -0.1) is 5.10 Å². The summed E-state index contributed by atoms with van der Waals surface area (Å²) in [5.41, 5.74) is 7.01. The van der Waals surface area contributed by atoms with Gasteiger partial charge in [0.1, 0.15) is 12.1 Å². The maximum Gasteiger partial charge on any atom is 0.244 e. The Kier molecular flexibility index (Phi) is 4.24. The van der Waals surface area contributed by atoms with Crippen LogP contribution in [0.15, 0.2) is 24.3 Å². The minimum atomic E-state index is -0.372. The number of aromatic nitrogens is 3. The van der Waals surface area contributed by atoms with E-state index < -0.39 is 0 Å². The Morgan fingerprint density at radius 2 is 2.04 bits per heavy atom. The summed E-state index contributed by atoms with van der Waals surface area (Å²) in [6.07, 6.45) is 0. The number of para-hydroxylation sites is 1. The maximum atomic E-state index is 12.6. The molecule has 2 N–H and O–H groups in total. The van der Waals surface area contributed by atoms with E-state index >= 15 is 0 Å². The van der Waals surface area contributed by atoms with Crippen LogP contribution in [0.4, 0.5) is 0 Å². The van der Waals surface area contributed by atoms with Gasteiger partial charge >= 0.3 is 0 Å². The molecular formula is C15H20N6O2. The fourth-order valence-electron chi connectivity index (χ4n) is 2.84. The van der Waals surface area contributed by atoms with Gasteiger partial charge in [-0.1, -0.05) is 17.3 Å². The van der Waals surface area contributed by atoms with Crippen molar-refractivity contribution in [3.8, 4) is 0 Å². The van der Waals surface area contributed by atoms with Crippen molar-refractivity contribution in [2.45, 2.75) is 6.54 Å². The average Bonchev–Trinajstić information content (AvgIpc) is 2.81. The van der Waals surface area contributed by atoms with Gasteiger partial charge in [0.05, 0.1) is 11.4 Å². The van der Waals surface area contributed by atoms with Gasteiger partial charge in [0, 0.05) is 26.2 Å². The van der Waals surface area contributed by atoms with Crippen LogP contribution in [0.5, 0.6) is 0 Å². The standard InChI is InChI=1S/C15H20N6O2/c1-19-6-7-20(9-11(8-19)15(16)23)14(22)10-21-13-5-3-2-4-12(13)17-18-21/h2-5,11H,6-10H2,1H3,(H2,16,23)/t11-/m1/s1. The van der Waals surface area contributed by atoms with Crippen molar-refractivity contribution in [3.63, 3.8) is 0 Å². The molecule has 2 aromatic rings. The van der Waals surface area contributed by atoms with Crippen molar-refractivity contribution < 1.29 is 9.59 Å². The number of fused-ring (bicyclic) bond motifs is 1. The molecule has 8 heteroatoms. The molecule has 2 amide bonds. The molecule has 1 saturated heterocycles. The number of rotatable bonds is 3. The van der Waals surface area contributed by atoms with Crippen LogP contribution in [0.3, 0.4) is 0 Å². The molecule has 8 nitrogen and oxygen atoms in total. The summed E-state index contributed by atoms with van der Waals surface area (Å²) in [4.78, 5) is 27.9. The Labute approximate surface area is 133 Å². The number of nitrogens with two attached hydrogens (primary N) is 1. The molecular weight excluding hydrogens is 296 g/mol. The Morgan fingerprint density at radius 3 is 2.83 bits per heavy atom. The minimum absolute atomic E-state index is 0.0813. The van der Waals surface area contributed by atoms with Crippen LogP contribution in [0.2, 0.25) is 0 Å². The molecule has 1 aliphatic heterocycles. The van der Waals surface area contributed by atoms with E-state index in [1.165, 1.54) is 0 Å². The van der Waals surface area contributed by atoms with E-state index in [9.17, 15) is 9.59 Å². The number of carbonyl (C=O) groups is 2. The van der Waals surface area contributed by atoms with Crippen LogP contribution in [0.1, 0.15) is 0 Å². The molecule has 1 fully saturated rings. The highest BCUT2D eigenvalue weighted by Crippen LogP contribution is 2.12. The first-order valence-corrected chi connectivity index (χ1v) is 7.58. The van der Waals surface area contributed by atoms with Crippen LogP contribution >= 0.6 is 0 Å². The lowest BCUT2D eigenvalue weighted by Crippen LogP contribution is -2.41. The highest BCUT2D eigenvalue weighted by molar-refractivity contribution is 5.81. The highest BCUT2D eigenvalue weighted by Gasteiger charge is 2.27. The normalized spacial score (nSPS) is 19.7. The van der Waals surface area contributed by atoms with Gasteiger partial charge in [0.15, 0.2) is 0 Å². The SMILES string of the molecule is CN1CCN(C(=O)Cn2nnc3ccccc32)C[C@H](C(N)=O)C1. The summed E-state index contributed by atoms with van der Waals surface area (Å²) in [6.45, 7) is 2.32. The zero-order chi connectivity index (χ0) is 16.4. The van der Waals surface area contributed by atoms with Gasteiger partial charge < -0.3 is 15.5 Å². The van der Waals surface area contributed by atoms with E-state index in [0.717, 1.165) is 11.0 Å². The fraction of sp³-hybridized carbons (Fsp3) is 0.467. The van der Waals surface area contributed by atoms with Crippen molar-refractivity contribution >= 4 is 22.8 Å². The molecule has 1 atom stereocenters. The summed E-state index contributed by atoms with van der Waals surface area (Å²) < 4.78 is 1.59. The van der Waals surface area contributed by atoms with E-state index in [1.807, 2.05) is 36.2 Å². The Balaban J connectivity index is 1.75. The lowest BCUT2D eigenvalue weighted by molar-refractivity contribution is -0.133. The third-order valence-corrected chi connectivity index (χ3v) is 4.18. The molecule has 2 heterocycles.